The maximum Gasteiger partial charge on any atom is 0.161 e. The fourth-order valence-electron chi connectivity index (χ4n) is 2.77. The predicted octanol–water partition coefficient (Wildman–Crippen LogP) is 5.12. The molecule has 0 aliphatic heterocycles. The first kappa shape index (κ1) is 20.7. The van der Waals surface area contributed by atoms with Crippen LogP contribution < -0.4 is 4.72 Å². The number of hydrogen-bond acceptors (Lipinski definition) is 4. The summed E-state index contributed by atoms with van der Waals surface area (Å²) in [6, 6.07) is 16.9. The molecule has 0 amide bonds. The van der Waals surface area contributed by atoms with Gasteiger partial charge in [0.2, 0.25) is 0 Å². The van der Waals surface area contributed by atoms with E-state index in [1.54, 1.807) is 6.92 Å². The second kappa shape index (κ2) is 10.5. The lowest BCUT2D eigenvalue weighted by Crippen LogP contribution is -2.41. The van der Waals surface area contributed by atoms with Crippen LogP contribution in [0.25, 0.3) is 0 Å². The van der Waals surface area contributed by atoms with Gasteiger partial charge in [0, 0.05) is 16.3 Å². The summed E-state index contributed by atoms with van der Waals surface area (Å²) in [4.78, 5) is 26.2. The highest BCUT2D eigenvalue weighted by atomic mass is 35.5. The van der Waals surface area contributed by atoms with Crippen LogP contribution in [0.1, 0.15) is 32.3 Å². The molecule has 5 heteroatoms. The quantitative estimate of drug-likeness (QED) is 0.452. The van der Waals surface area contributed by atoms with E-state index in [-0.39, 0.29) is 11.6 Å². The van der Waals surface area contributed by atoms with Crippen LogP contribution in [-0.2, 0) is 16.0 Å². The Labute approximate surface area is 164 Å². The molecule has 0 spiro atoms. The van der Waals surface area contributed by atoms with Gasteiger partial charge >= 0.3 is 0 Å². The van der Waals surface area contributed by atoms with E-state index in [1.165, 1.54) is 11.9 Å². The second-order valence-electron chi connectivity index (χ2n) is 6.10. The molecule has 2 aromatic rings. The van der Waals surface area contributed by atoms with Gasteiger partial charge < -0.3 is 0 Å². The van der Waals surface area contributed by atoms with Gasteiger partial charge in [0.1, 0.15) is 5.78 Å². The van der Waals surface area contributed by atoms with Gasteiger partial charge in [0.05, 0.1) is 12.0 Å². The van der Waals surface area contributed by atoms with Gasteiger partial charge in [-0.05, 0) is 54.6 Å². The molecule has 1 N–H and O–H groups in total. The van der Waals surface area contributed by atoms with Gasteiger partial charge in [-0.3, -0.25) is 9.59 Å². The van der Waals surface area contributed by atoms with Crippen molar-refractivity contribution in [3.8, 4) is 0 Å². The number of Topliss-reactive ketones (excluding diaryl/α,β-unsaturated/α-hetero) is 2. The summed E-state index contributed by atoms with van der Waals surface area (Å²) in [5, 5.41) is 0.672. The first-order chi connectivity index (χ1) is 12.5. The van der Waals surface area contributed by atoms with E-state index >= 15 is 0 Å². The number of halogens is 1. The Morgan fingerprint density at radius 1 is 1.04 bits per heavy atom. The Balaban J connectivity index is 2.15. The number of carbonyl (C=O) groups is 2. The molecule has 0 aromatic heterocycles. The number of rotatable bonds is 10. The van der Waals surface area contributed by atoms with E-state index < -0.39 is 12.0 Å². The lowest BCUT2D eigenvalue weighted by atomic mass is 9.88. The van der Waals surface area contributed by atoms with Crippen LogP contribution in [-0.4, -0.2) is 17.6 Å². The van der Waals surface area contributed by atoms with Crippen LogP contribution in [0.4, 0.5) is 0 Å². The Morgan fingerprint density at radius 2 is 1.69 bits per heavy atom. The fourth-order valence-corrected chi connectivity index (χ4v) is 3.64. The molecule has 0 aliphatic rings. The molecule has 0 saturated carbocycles. The standard InChI is InChI=1S/C21H24ClNO2S/c1-3-18(20(24)4-2)21(25)19(14-15-8-6-5-7-9-15)23-26-17-12-10-16(22)11-13-17/h5-13,18-19,23H,3-4,14H2,1-2H3. The van der Waals surface area contributed by atoms with E-state index in [2.05, 4.69) is 4.72 Å². The molecule has 0 bridgehead atoms. The van der Waals surface area contributed by atoms with Crippen molar-refractivity contribution < 1.29 is 9.59 Å². The van der Waals surface area contributed by atoms with E-state index in [0.29, 0.717) is 24.3 Å². The van der Waals surface area contributed by atoms with Gasteiger partial charge in [-0.1, -0.05) is 55.8 Å². The molecule has 0 saturated heterocycles. The first-order valence-corrected chi connectivity index (χ1v) is 10.0. The lowest BCUT2D eigenvalue weighted by molar-refractivity contribution is -0.133. The summed E-state index contributed by atoms with van der Waals surface area (Å²) in [6.45, 7) is 3.70. The highest BCUT2D eigenvalue weighted by Crippen LogP contribution is 2.21. The van der Waals surface area contributed by atoms with Crippen LogP contribution >= 0.6 is 23.5 Å². The molecular weight excluding hydrogens is 366 g/mol. The average molecular weight is 390 g/mol. The zero-order valence-electron chi connectivity index (χ0n) is 15.1. The van der Waals surface area contributed by atoms with E-state index in [1.807, 2.05) is 61.5 Å². The highest BCUT2D eigenvalue weighted by Gasteiger charge is 2.30. The maximum absolute atomic E-state index is 13.0. The van der Waals surface area contributed by atoms with Crippen molar-refractivity contribution in [2.75, 3.05) is 0 Å². The van der Waals surface area contributed by atoms with Crippen LogP contribution in [0.3, 0.4) is 0 Å². The van der Waals surface area contributed by atoms with Crippen LogP contribution in [0.15, 0.2) is 59.5 Å². The summed E-state index contributed by atoms with van der Waals surface area (Å²) in [6.07, 6.45) is 1.46. The SMILES string of the molecule is CCC(=O)C(CC)C(=O)C(Cc1ccccc1)NSc1ccc(Cl)cc1. The topological polar surface area (TPSA) is 46.2 Å². The zero-order valence-corrected chi connectivity index (χ0v) is 16.6. The van der Waals surface area contributed by atoms with Gasteiger partial charge in [0.25, 0.3) is 0 Å². The van der Waals surface area contributed by atoms with Crippen molar-refractivity contribution in [3.63, 3.8) is 0 Å². The monoisotopic (exact) mass is 389 g/mol. The summed E-state index contributed by atoms with van der Waals surface area (Å²) in [5.41, 5.74) is 1.06. The normalized spacial score (nSPS) is 13.2. The molecule has 2 aromatic carbocycles. The van der Waals surface area contributed by atoms with Gasteiger partial charge in [-0.15, -0.1) is 0 Å². The molecule has 2 unspecified atom stereocenters. The Bertz CT molecular complexity index is 719. The zero-order chi connectivity index (χ0) is 18.9. The molecule has 3 nitrogen and oxygen atoms in total. The predicted molar refractivity (Wildman–Crippen MR) is 108 cm³/mol. The van der Waals surface area contributed by atoms with Crippen molar-refractivity contribution in [2.45, 2.75) is 44.0 Å². The molecule has 0 aliphatic carbocycles. The molecule has 0 heterocycles. The molecule has 0 fully saturated rings. The number of benzene rings is 2. The lowest BCUT2D eigenvalue weighted by Gasteiger charge is -2.21. The summed E-state index contributed by atoms with van der Waals surface area (Å²) >= 11 is 7.31. The Morgan fingerprint density at radius 3 is 2.27 bits per heavy atom. The average Bonchev–Trinajstić information content (AvgIpc) is 2.67. The van der Waals surface area contributed by atoms with E-state index in [4.69, 9.17) is 11.6 Å². The van der Waals surface area contributed by atoms with Crippen LogP contribution in [0.5, 0.6) is 0 Å². The molecule has 2 rings (SSSR count). The Kier molecular flexibility index (Phi) is 8.36. The molecule has 0 radical (unpaired) electrons. The molecule has 138 valence electrons. The molecule has 2 atom stereocenters. The number of carbonyl (C=O) groups excluding carboxylic acids is 2. The third-order valence-electron chi connectivity index (χ3n) is 4.25. The fraction of sp³-hybridized carbons (Fsp3) is 0.333. The van der Waals surface area contributed by atoms with Crippen molar-refractivity contribution in [1.82, 2.24) is 4.72 Å². The largest absolute Gasteiger partial charge is 0.299 e. The van der Waals surface area contributed by atoms with Gasteiger partial charge in [-0.2, -0.15) is 0 Å². The highest BCUT2D eigenvalue weighted by molar-refractivity contribution is 7.97. The van der Waals surface area contributed by atoms with Crippen molar-refractivity contribution in [2.24, 2.45) is 5.92 Å². The maximum atomic E-state index is 13.0. The van der Waals surface area contributed by atoms with Crippen molar-refractivity contribution in [3.05, 3.63) is 65.2 Å². The summed E-state index contributed by atoms with van der Waals surface area (Å²) < 4.78 is 3.27. The summed E-state index contributed by atoms with van der Waals surface area (Å²) in [5.74, 6) is -0.578. The first-order valence-electron chi connectivity index (χ1n) is 8.83. The van der Waals surface area contributed by atoms with Crippen molar-refractivity contribution >= 4 is 35.1 Å². The van der Waals surface area contributed by atoms with Gasteiger partial charge in [0.15, 0.2) is 5.78 Å². The van der Waals surface area contributed by atoms with E-state index in [9.17, 15) is 9.59 Å². The second-order valence-corrected chi connectivity index (χ2v) is 7.45. The summed E-state index contributed by atoms with van der Waals surface area (Å²) in [7, 11) is 0. The van der Waals surface area contributed by atoms with Gasteiger partial charge in [-0.25, -0.2) is 4.72 Å². The number of nitrogens with one attached hydrogen (secondary N) is 1. The minimum absolute atomic E-state index is 0.00820. The van der Waals surface area contributed by atoms with Crippen LogP contribution in [0, 0.1) is 5.92 Å². The van der Waals surface area contributed by atoms with E-state index in [0.717, 1.165) is 10.5 Å². The smallest absolute Gasteiger partial charge is 0.161 e. The third-order valence-corrected chi connectivity index (χ3v) is 5.41. The van der Waals surface area contributed by atoms with Crippen molar-refractivity contribution in [1.29, 1.82) is 0 Å². The Hall–Kier alpha value is -1.62. The van der Waals surface area contributed by atoms with Crippen LogP contribution in [0.2, 0.25) is 5.02 Å². The molecule has 26 heavy (non-hydrogen) atoms. The minimum Gasteiger partial charge on any atom is -0.299 e. The molecular formula is C21H24ClNO2S. The number of ketones is 2. The number of hydrogen-bond donors (Lipinski definition) is 1. The minimum atomic E-state index is -0.549. The third kappa shape index (κ3) is 5.97.